The van der Waals surface area contributed by atoms with E-state index in [1.165, 1.54) is 0 Å². The third-order valence-electron chi connectivity index (χ3n) is 3.15. The zero-order valence-corrected chi connectivity index (χ0v) is 11.7. The van der Waals surface area contributed by atoms with Crippen molar-refractivity contribution in [3.8, 4) is 22.8 Å². The molecule has 0 spiro atoms. The summed E-state index contributed by atoms with van der Waals surface area (Å²) in [6.45, 7) is 0. The number of imidazole rings is 1. The molecule has 0 saturated heterocycles. The summed E-state index contributed by atoms with van der Waals surface area (Å²) in [5.74, 6) is 1.63. The van der Waals surface area contributed by atoms with Crippen molar-refractivity contribution in [3.63, 3.8) is 0 Å². The molecule has 0 amide bonds. The molecule has 0 unspecified atom stereocenters. The van der Waals surface area contributed by atoms with Gasteiger partial charge in [-0.25, -0.2) is 9.50 Å². The van der Waals surface area contributed by atoms with Crippen molar-refractivity contribution >= 4 is 17.2 Å². The Morgan fingerprint density at radius 2 is 1.81 bits per heavy atom. The molecule has 0 atom stereocenters. The first-order chi connectivity index (χ1) is 10.1. The second-order valence-corrected chi connectivity index (χ2v) is 4.49. The Kier molecular flexibility index (Phi) is 3.02. The fraction of sp³-hybridized carbons (Fsp3) is 0.143. The number of anilines is 2. The van der Waals surface area contributed by atoms with E-state index in [-0.39, 0.29) is 0 Å². The standard InChI is InChI=1S/C14H15N5O2/c1-20-11-4-3-8(5-12(11)21-2)10-7-19-14(17-10)9(15)6-13(16)18-19/h3-7H,15H2,1-2H3,(H2,16,18). The number of hydrogen-bond acceptors (Lipinski definition) is 6. The van der Waals surface area contributed by atoms with E-state index in [9.17, 15) is 0 Å². The first-order valence-corrected chi connectivity index (χ1v) is 6.26. The normalized spacial score (nSPS) is 10.8. The Bertz CT molecular complexity index is 812. The highest BCUT2D eigenvalue weighted by molar-refractivity contribution is 5.73. The van der Waals surface area contributed by atoms with Gasteiger partial charge in [0.2, 0.25) is 0 Å². The minimum atomic E-state index is 0.344. The smallest absolute Gasteiger partial charge is 0.177 e. The number of benzene rings is 1. The molecule has 1 aromatic carbocycles. The molecule has 0 bridgehead atoms. The van der Waals surface area contributed by atoms with E-state index in [0.29, 0.717) is 28.7 Å². The Morgan fingerprint density at radius 1 is 1.05 bits per heavy atom. The molecule has 2 heterocycles. The van der Waals surface area contributed by atoms with Crippen molar-refractivity contribution in [2.24, 2.45) is 0 Å². The molecule has 0 fully saturated rings. The lowest BCUT2D eigenvalue weighted by Gasteiger charge is -2.08. The van der Waals surface area contributed by atoms with Crippen LogP contribution in [0.3, 0.4) is 0 Å². The van der Waals surface area contributed by atoms with Crippen LogP contribution < -0.4 is 20.9 Å². The van der Waals surface area contributed by atoms with E-state index >= 15 is 0 Å². The second kappa shape index (κ2) is 4.86. The lowest BCUT2D eigenvalue weighted by atomic mass is 10.1. The topological polar surface area (TPSA) is 101 Å². The third-order valence-corrected chi connectivity index (χ3v) is 3.15. The van der Waals surface area contributed by atoms with E-state index in [4.69, 9.17) is 20.9 Å². The van der Waals surface area contributed by atoms with Crippen molar-refractivity contribution in [2.45, 2.75) is 0 Å². The summed E-state index contributed by atoms with van der Waals surface area (Å²) in [5, 5.41) is 4.15. The number of ether oxygens (including phenoxy) is 2. The molecule has 7 nitrogen and oxygen atoms in total. The van der Waals surface area contributed by atoms with Gasteiger partial charge in [-0.1, -0.05) is 0 Å². The number of nitrogen functional groups attached to an aromatic ring is 2. The molecule has 2 aromatic heterocycles. The second-order valence-electron chi connectivity index (χ2n) is 4.49. The molecular weight excluding hydrogens is 270 g/mol. The first-order valence-electron chi connectivity index (χ1n) is 6.26. The summed E-state index contributed by atoms with van der Waals surface area (Å²) in [6, 6.07) is 7.15. The number of hydrogen-bond donors (Lipinski definition) is 2. The van der Waals surface area contributed by atoms with Crippen molar-refractivity contribution in [1.82, 2.24) is 14.6 Å². The van der Waals surface area contributed by atoms with Crippen LogP contribution in [0, 0.1) is 0 Å². The van der Waals surface area contributed by atoms with E-state index in [1.807, 2.05) is 18.2 Å². The van der Waals surface area contributed by atoms with E-state index < -0.39 is 0 Å². The molecule has 0 aliphatic heterocycles. The Morgan fingerprint density at radius 3 is 2.52 bits per heavy atom. The van der Waals surface area contributed by atoms with E-state index in [1.54, 1.807) is 31.0 Å². The van der Waals surface area contributed by atoms with Crippen LogP contribution in [0.5, 0.6) is 11.5 Å². The molecule has 21 heavy (non-hydrogen) atoms. The molecular formula is C14H15N5O2. The molecule has 3 aromatic rings. The fourth-order valence-electron chi connectivity index (χ4n) is 2.16. The van der Waals surface area contributed by atoms with Crippen LogP contribution in [-0.4, -0.2) is 28.8 Å². The van der Waals surface area contributed by atoms with Crippen LogP contribution in [0.2, 0.25) is 0 Å². The van der Waals surface area contributed by atoms with Crippen molar-refractivity contribution in [2.75, 3.05) is 25.7 Å². The van der Waals surface area contributed by atoms with Gasteiger partial charge in [0.05, 0.1) is 31.8 Å². The van der Waals surface area contributed by atoms with Gasteiger partial charge in [-0.05, 0) is 18.2 Å². The van der Waals surface area contributed by atoms with Crippen LogP contribution >= 0.6 is 0 Å². The van der Waals surface area contributed by atoms with Gasteiger partial charge in [-0.2, -0.15) is 0 Å². The summed E-state index contributed by atoms with van der Waals surface area (Å²) >= 11 is 0. The average Bonchev–Trinajstić information content (AvgIpc) is 2.90. The summed E-state index contributed by atoms with van der Waals surface area (Å²) in [7, 11) is 3.18. The van der Waals surface area contributed by atoms with Crippen LogP contribution in [0.1, 0.15) is 0 Å². The van der Waals surface area contributed by atoms with Gasteiger partial charge in [0.1, 0.15) is 5.82 Å². The quantitative estimate of drug-likeness (QED) is 0.757. The van der Waals surface area contributed by atoms with E-state index in [2.05, 4.69) is 10.1 Å². The molecule has 0 aliphatic rings. The van der Waals surface area contributed by atoms with Crippen molar-refractivity contribution in [1.29, 1.82) is 0 Å². The first kappa shape index (κ1) is 13.0. The zero-order valence-electron chi connectivity index (χ0n) is 11.7. The lowest BCUT2D eigenvalue weighted by Crippen LogP contribution is -2.00. The van der Waals surface area contributed by atoms with Gasteiger partial charge >= 0.3 is 0 Å². The molecule has 4 N–H and O–H groups in total. The highest BCUT2D eigenvalue weighted by Gasteiger charge is 2.11. The zero-order chi connectivity index (χ0) is 15.0. The molecule has 108 valence electrons. The average molecular weight is 285 g/mol. The maximum Gasteiger partial charge on any atom is 0.177 e. The van der Waals surface area contributed by atoms with Crippen LogP contribution in [-0.2, 0) is 0 Å². The minimum absolute atomic E-state index is 0.344. The van der Waals surface area contributed by atoms with Crippen LogP contribution in [0.15, 0.2) is 30.5 Å². The summed E-state index contributed by atoms with van der Waals surface area (Å²) in [4.78, 5) is 4.48. The van der Waals surface area contributed by atoms with Crippen LogP contribution in [0.4, 0.5) is 11.5 Å². The van der Waals surface area contributed by atoms with Gasteiger partial charge in [0.25, 0.3) is 0 Å². The Balaban J connectivity index is 2.14. The fourth-order valence-corrected chi connectivity index (χ4v) is 2.16. The minimum Gasteiger partial charge on any atom is -0.493 e. The van der Waals surface area contributed by atoms with Gasteiger partial charge < -0.3 is 20.9 Å². The summed E-state index contributed by atoms with van der Waals surface area (Å²) in [6.07, 6.45) is 1.77. The number of nitrogens with zero attached hydrogens (tertiary/aromatic N) is 3. The predicted molar refractivity (Wildman–Crippen MR) is 80.4 cm³/mol. The Labute approximate surface area is 121 Å². The van der Waals surface area contributed by atoms with Gasteiger partial charge in [-0.3, -0.25) is 0 Å². The summed E-state index contributed by atoms with van der Waals surface area (Å²) in [5.41, 5.74) is 14.2. The molecule has 7 heteroatoms. The van der Waals surface area contributed by atoms with Crippen LogP contribution in [0.25, 0.3) is 16.9 Å². The van der Waals surface area contributed by atoms with Gasteiger partial charge in [0.15, 0.2) is 17.1 Å². The van der Waals surface area contributed by atoms with Crippen molar-refractivity contribution in [3.05, 3.63) is 30.5 Å². The highest BCUT2D eigenvalue weighted by atomic mass is 16.5. The molecule has 0 aliphatic carbocycles. The summed E-state index contributed by atoms with van der Waals surface area (Å²) < 4.78 is 12.1. The van der Waals surface area contributed by atoms with E-state index in [0.717, 1.165) is 11.3 Å². The molecule has 0 saturated carbocycles. The van der Waals surface area contributed by atoms with Gasteiger partial charge in [-0.15, -0.1) is 5.10 Å². The lowest BCUT2D eigenvalue weighted by molar-refractivity contribution is 0.355. The predicted octanol–water partition coefficient (Wildman–Crippen LogP) is 1.58. The number of methoxy groups -OCH3 is 2. The maximum atomic E-state index is 5.90. The SMILES string of the molecule is COc1ccc(-c2cn3nc(N)cc(N)c3n2)cc1OC. The third kappa shape index (κ3) is 2.18. The Hall–Kier alpha value is -2.96. The molecule has 3 rings (SSSR count). The number of aromatic nitrogens is 3. The number of fused-ring (bicyclic) bond motifs is 1. The number of rotatable bonds is 3. The van der Waals surface area contributed by atoms with Gasteiger partial charge in [0, 0.05) is 11.6 Å². The maximum absolute atomic E-state index is 5.90. The molecule has 0 radical (unpaired) electrons. The highest BCUT2D eigenvalue weighted by Crippen LogP contribution is 2.32. The monoisotopic (exact) mass is 285 g/mol. The van der Waals surface area contributed by atoms with Crippen molar-refractivity contribution < 1.29 is 9.47 Å². The number of nitrogens with two attached hydrogens (primary N) is 2. The largest absolute Gasteiger partial charge is 0.493 e.